The van der Waals surface area contributed by atoms with Crippen LogP contribution < -0.4 is 10.5 Å². The van der Waals surface area contributed by atoms with Crippen molar-refractivity contribution >= 4 is 5.82 Å². The smallest absolute Gasteiger partial charge is 0.405 e. The standard InChI is InChI=1S/C8H6F3N3O2/c9-8(10,11)16-6-1-7(13)14-5(2-12)4(6)3-15/h1,15H,3H2,(H2,13,14). The van der Waals surface area contributed by atoms with E-state index in [9.17, 15) is 13.2 Å². The monoisotopic (exact) mass is 233 g/mol. The van der Waals surface area contributed by atoms with E-state index in [0.29, 0.717) is 0 Å². The number of aromatic nitrogens is 1. The van der Waals surface area contributed by atoms with Crippen molar-refractivity contribution in [1.29, 1.82) is 5.26 Å². The van der Waals surface area contributed by atoms with Gasteiger partial charge < -0.3 is 15.6 Å². The Balaban J connectivity index is 3.27. The summed E-state index contributed by atoms with van der Waals surface area (Å²) in [5.41, 5.74) is 4.43. The fraction of sp³-hybridized carbons (Fsp3) is 0.250. The summed E-state index contributed by atoms with van der Waals surface area (Å²) in [7, 11) is 0. The van der Waals surface area contributed by atoms with Gasteiger partial charge in [-0.1, -0.05) is 0 Å². The molecule has 0 radical (unpaired) electrons. The van der Waals surface area contributed by atoms with Crippen LogP contribution in [0.4, 0.5) is 19.0 Å². The van der Waals surface area contributed by atoms with E-state index in [1.54, 1.807) is 0 Å². The van der Waals surface area contributed by atoms with Gasteiger partial charge in [0.05, 0.1) is 12.2 Å². The number of nitrogens with zero attached hydrogens (tertiary/aromatic N) is 2. The normalized spacial score (nSPS) is 10.9. The van der Waals surface area contributed by atoms with E-state index in [4.69, 9.17) is 16.1 Å². The largest absolute Gasteiger partial charge is 0.573 e. The zero-order valence-corrected chi connectivity index (χ0v) is 7.75. The van der Waals surface area contributed by atoms with Crippen LogP contribution in [0.1, 0.15) is 11.3 Å². The first-order valence-electron chi connectivity index (χ1n) is 3.93. The number of anilines is 1. The van der Waals surface area contributed by atoms with Crippen molar-refractivity contribution in [2.24, 2.45) is 0 Å². The summed E-state index contributed by atoms with van der Waals surface area (Å²) in [4.78, 5) is 3.46. The van der Waals surface area contributed by atoms with Crippen molar-refractivity contribution in [3.63, 3.8) is 0 Å². The van der Waals surface area contributed by atoms with Crippen molar-refractivity contribution in [2.45, 2.75) is 13.0 Å². The Kier molecular flexibility index (Phi) is 3.20. The fourth-order valence-corrected chi connectivity index (χ4v) is 1.03. The van der Waals surface area contributed by atoms with Crippen LogP contribution in [0.25, 0.3) is 0 Å². The third-order valence-corrected chi connectivity index (χ3v) is 1.59. The predicted molar refractivity (Wildman–Crippen MR) is 46.0 cm³/mol. The van der Waals surface area contributed by atoms with E-state index in [1.165, 1.54) is 6.07 Å². The number of nitrogens with two attached hydrogens (primary N) is 1. The van der Waals surface area contributed by atoms with E-state index in [2.05, 4.69) is 9.72 Å². The molecule has 0 amide bonds. The van der Waals surface area contributed by atoms with Gasteiger partial charge in [-0.05, 0) is 0 Å². The van der Waals surface area contributed by atoms with Crippen molar-refractivity contribution in [1.82, 2.24) is 4.98 Å². The van der Waals surface area contributed by atoms with Crippen LogP contribution in [0.3, 0.4) is 0 Å². The average molecular weight is 233 g/mol. The van der Waals surface area contributed by atoms with Gasteiger partial charge in [0.15, 0.2) is 5.69 Å². The Bertz CT molecular complexity index is 439. The molecule has 0 atom stereocenters. The van der Waals surface area contributed by atoms with Gasteiger partial charge in [0, 0.05) is 6.07 Å². The quantitative estimate of drug-likeness (QED) is 0.792. The van der Waals surface area contributed by atoms with Crippen LogP contribution in [0.5, 0.6) is 5.75 Å². The van der Waals surface area contributed by atoms with Gasteiger partial charge in [-0.25, -0.2) is 4.98 Å². The number of hydrogen-bond acceptors (Lipinski definition) is 5. The maximum Gasteiger partial charge on any atom is 0.573 e. The molecule has 16 heavy (non-hydrogen) atoms. The Morgan fingerprint density at radius 2 is 2.19 bits per heavy atom. The summed E-state index contributed by atoms with van der Waals surface area (Å²) in [5.74, 6) is -1.02. The molecule has 86 valence electrons. The molecule has 3 N–H and O–H groups in total. The minimum Gasteiger partial charge on any atom is -0.405 e. The molecule has 0 aliphatic rings. The number of rotatable bonds is 2. The SMILES string of the molecule is N#Cc1nc(N)cc(OC(F)(F)F)c1CO. The lowest BCUT2D eigenvalue weighted by Gasteiger charge is -2.13. The maximum atomic E-state index is 12.0. The highest BCUT2D eigenvalue weighted by Crippen LogP contribution is 2.29. The third-order valence-electron chi connectivity index (χ3n) is 1.59. The molecular formula is C8H6F3N3O2. The third kappa shape index (κ3) is 2.74. The summed E-state index contributed by atoms with van der Waals surface area (Å²) >= 11 is 0. The molecule has 0 fully saturated rings. The van der Waals surface area contributed by atoms with Crippen molar-refractivity contribution in [3.05, 3.63) is 17.3 Å². The van der Waals surface area contributed by atoms with E-state index in [-0.39, 0.29) is 11.4 Å². The van der Waals surface area contributed by atoms with Gasteiger partial charge in [-0.3, -0.25) is 0 Å². The lowest BCUT2D eigenvalue weighted by atomic mass is 10.2. The summed E-state index contributed by atoms with van der Waals surface area (Å²) < 4.78 is 39.5. The first kappa shape index (κ1) is 12.1. The van der Waals surface area contributed by atoms with Crippen LogP contribution in [-0.2, 0) is 6.61 Å². The molecule has 0 aromatic carbocycles. The molecular weight excluding hydrogens is 227 g/mol. The minimum atomic E-state index is -4.93. The minimum absolute atomic E-state index is 0.298. The number of hydrogen-bond donors (Lipinski definition) is 2. The second-order valence-corrected chi connectivity index (χ2v) is 2.69. The lowest BCUT2D eigenvalue weighted by Crippen LogP contribution is -2.19. The molecule has 1 aromatic heterocycles. The molecule has 0 saturated heterocycles. The number of pyridine rings is 1. The molecule has 8 heteroatoms. The summed E-state index contributed by atoms with van der Waals surface area (Å²) in [6.45, 7) is -0.804. The highest BCUT2D eigenvalue weighted by atomic mass is 19.4. The van der Waals surface area contributed by atoms with Crippen molar-refractivity contribution < 1.29 is 23.0 Å². The fourth-order valence-electron chi connectivity index (χ4n) is 1.03. The summed E-state index contributed by atoms with van der Waals surface area (Å²) in [6, 6.07) is 2.31. The topological polar surface area (TPSA) is 92.2 Å². The van der Waals surface area contributed by atoms with E-state index < -0.39 is 24.4 Å². The Morgan fingerprint density at radius 3 is 2.62 bits per heavy atom. The summed E-state index contributed by atoms with van der Waals surface area (Å²) in [6.07, 6.45) is -4.93. The molecule has 0 aliphatic carbocycles. The van der Waals surface area contributed by atoms with Crippen molar-refractivity contribution in [3.8, 4) is 11.8 Å². The number of aliphatic hydroxyl groups excluding tert-OH is 1. The molecule has 1 aromatic rings. The number of nitrogen functional groups attached to an aromatic ring is 1. The highest BCUT2D eigenvalue weighted by Gasteiger charge is 2.33. The lowest BCUT2D eigenvalue weighted by molar-refractivity contribution is -0.275. The second kappa shape index (κ2) is 4.24. The number of nitriles is 1. The van der Waals surface area contributed by atoms with Crippen LogP contribution in [0, 0.1) is 11.3 Å². The number of alkyl halides is 3. The second-order valence-electron chi connectivity index (χ2n) is 2.69. The van der Waals surface area contributed by atoms with Gasteiger partial charge in [0.1, 0.15) is 17.6 Å². The summed E-state index contributed by atoms with van der Waals surface area (Å²) in [5, 5.41) is 17.4. The molecule has 0 saturated carbocycles. The highest BCUT2D eigenvalue weighted by molar-refractivity contribution is 5.49. The van der Waals surface area contributed by atoms with Gasteiger partial charge in [-0.15, -0.1) is 13.2 Å². The maximum absolute atomic E-state index is 12.0. The molecule has 1 rings (SSSR count). The number of halogens is 3. The first-order chi connectivity index (χ1) is 7.37. The van der Waals surface area contributed by atoms with Crippen molar-refractivity contribution in [2.75, 3.05) is 5.73 Å². The number of aliphatic hydroxyl groups is 1. The predicted octanol–water partition coefficient (Wildman–Crippen LogP) is 0.926. The van der Waals surface area contributed by atoms with Crippen LogP contribution >= 0.6 is 0 Å². The number of ether oxygens (including phenoxy) is 1. The molecule has 0 aliphatic heterocycles. The molecule has 0 spiro atoms. The Morgan fingerprint density at radius 1 is 1.56 bits per heavy atom. The van der Waals surface area contributed by atoms with Gasteiger partial charge >= 0.3 is 6.36 Å². The van der Waals surface area contributed by atoms with Gasteiger partial charge in [0.25, 0.3) is 0 Å². The van der Waals surface area contributed by atoms with Crippen LogP contribution in [-0.4, -0.2) is 16.5 Å². The Hall–Kier alpha value is -2.01. The van der Waals surface area contributed by atoms with E-state index in [1.807, 2.05) is 0 Å². The Labute approximate surface area is 87.9 Å². The molecule has 1 heterocycles. The first-order valence-corrected chi connectivity index (χ1v) is 3.93. The van der Waals surface area contributed by atoms with Crippen LogP contribution in [0.15, 0.2) is 6.07 Å². The average Bonchev–Trinajstić information content (AvgIpc) is 2.14. The van der Waals surface area contributed by atoms with Crippen LogP contribution in [0.2, 0.25) is 0 Å². The molecule has 0 bridgehead atoms. The molecule has 0 unspecified atom stereocenters. The van der Waals surface area contributed by atoms with Gasteiger partial charge in [-0.2, -0.15) is 5.26 Å². The zero-order chi connectivity index (χ0) is 12.3. The molecule has 5 nitrogen and oxygen atoms in total. The van der Waals surface area contributed by atoms with E-state index >= 15 is 0 Å². The zero-order valence-electron chi connectivity index (χ0n) is 7.75. The van der Waals surface area contributed by atoms with E-state index in [0.717, 1.165) is 6.07 Å². The van der Waals surface area contributed by atoms with Gasteiger partial charge in [0.2, 0.25) is 0 Å².